The Hall–Kier alpha value is -1.99. The van der Waals surface area contributed by atoms with Gasteiger partial charge in [0.05, 0.1) is 34.0 Å². The zero-order valence-corrected chi connectivity index (χ0v) is 18.7. The van der Waals surface area contributed by atoms with E-state index in [2.05, 4.69) is 36.3 Å². The molecule has 7 heteroatoms. The van der Waals surface area contributed by atoms with Crippen molar-refractivity contribution in [1.29, 1.82) is 0 Å². The van der Waals surface area contributed by atoms with Gasteiger partial charge in [-0.05, 0) is 43.0 Å². The van der Waals surface area contributed by atoms with Gasteiger partial charge in [-0.3, -0.25) is 9.89 Å². The highest BCUT2D eigenvalue weighted by atomic mass is 16.5. The molecule has 2 N–H and O–H groups in total. The summed E-state index contributed by atoms with van der Waals surface area (Å²) in [6, 6.07) is 6.31. The highest BCUT2D eigenvalue weighted by Gasteiger charge is 2.23. The van der Waals surface area contributed by atoms with E-state index in [1.165, 1.54) is 0 Å². The van der Waals surface area contributed by atoms with Crippen molar-refractivity contribution >= 4 is 5.96 Å². The van der Waals surface area contributed by atoms with E-state index >= 15 is 0 Å². The Labute approximate surface area is 175 Å². The molecule has 1 aliphatic heterocycles. The third-order valence-electron chi connectivity index (χ3n) is 5.24. The summed E-state index contributed by atoms with van der Waals surface area (Å²) < 4.78 is 16.3. The summed E-state index contributed by atoms with van der Waals surface area (Å²) in [5, 5.41) is 6.81. The maximum Gasteiger partial charge on any atom is 0.191 e. The van der Waals surface area contributed by atoms with E-state index in [1.54, 1.807) is 14.2 Å². The molecule has 164 valence electrons. The minimum atomic E-state index is 0.424. The van der Waals surface area contributed by atoms with Crippen LogP contribution in [0, 0.1) is 5.92 Å². The molecule has 0 amide bonds. The Balaban J connectivity index is 1.96. The standard InChI is InChI=1S/C22H38N4O3/c1-6-23-22(25-16-20(17(2)3)26-11-13-29-14-12-26)24-10-9-18-15-19(27-4)7-8-21(18)28-5/h7-8,15,17,20H,6,9-14,16H2,1-5H3,(H2,23,24,25). The molecule has 29 heavy (non-hydrogen) atoms. The summed E-state index contributed by atoms with van der Waals surface area (Å²) in [5.41, 5.74) is 1.11. The number of nitrogens with zero attached hydrogens (tertiary/aromatic N) is 2. The number of guanidine groups is 1. The minimum Gasteiger partial charge on any atom is -0.497 e. The molecule has 7 nitrogen and oxygen atoms in total. The van der Waals surface area contributed by atoms with E-state index in [-0.39, 0.29) is 0 Å². The smallest absolute Gasteiger partial charge is 0.191 e. The molecule has 1 aromatic carbocycles. The Morgan fingerprint density at radius 2 is 1.93 bits per heavy atom. The highest BCUT2D eigenvalue weighted by molar-refractivity contribution is 5.79. The van der Waals surface area contributed by atoms with Gasteiger partial charge in [0, 0.05) is 32.2 Å². The average molecular weight is 407 g/mol. The number of aliphatic imine (C=N–C) groups is 1. The largest absolute Gasteiger partial charge is 0.497 e. The molecular weight excluding hydrogens is 368 g/mol. The summed E-state index contributed by atoms with van der Waals surface area (Å²) in [5.74, 6) is 3.11. The van der Waals surface area contributed by atoms with Crippen LogP contribution in [0.1, 0.15) is 26.3 Å². The maximum atomic E-state index is 5.50. The van der Waals surface area contributed by atoms with Crippen LogP contribution < -0.4 is 20.1 Å². The number of morpholine rings is 1. The van der Waals surface area contributed by atoms with Gasteiger partial charge in [0.2, 0.25) is 0 Å². The van der Waals surface area contributed by atoms with E-state index in [9.17, 15) is 0 Å². The fraction of sp³-hybridized carbons (Fsp3) is 0.682. The van der Waals surface area contributed by atoms with Gasteiger partial charge in [-0.1, -0.05) is 13.8 Å². The zero-order chi connectivity index (χ0) is 21.1. The van der Waals surface area contributed by atoms with Crippen LogP contribution in [-0.2, 0) is 11.2 Å². The molecular formula is C22H38N4O3. The minimum absolute atomic E-state index is 0.424. The van der Waals surface area contributed by atoms with E-state index < -0.39 is 0 Å². The molecule has 0 spiro atoms. The molecule has 0 bridgehead atoms. The Bertz CT molecular complexity index is 630. The van der Waals surface area contributed by atoms with Crippen molar-refractivity contribution in [2.45, 2.75) is 33.2 Å². The Kier molecular flexibility index (Phi) is 10.1. The summed E-state index contributed by atoms with van der Waals surface area (Å²) in [4.78, 5) is 7.38. The van der Waals surface area contributed by atoms with Gasteiger partial charge >= 0.3 is 0 Å². The zero-order valence-electron chi connectivity index (χ0n) is 18.7. The fourth-order valence-electron chi connectivity index (χ4n) is 3.58. The highest BCUT2D eigenvalue weighted by Crippen LogP contribution is 2.24. The lowest BCUT2D eigenvalue weighted by atomic mass is 10.0. The number of ether oxygens (including phenoxy) is 3. The number of methoxy groups -OCH3 is 2. The van der Waals surface area contributed by atoms with E-state index in [0.29, 0.717) is 12.0 Å². The lowest BCUT2D eigenvalue weighted by Crippen LogP contribution is -2.48. The van der Waals surface area contributed by atoms with Crippen molar-refractivity contribution in [3.05, 3.63) is 23.8 Å². The van der Waals surface area contributed by atoms with Crippen molar-refractivity contribution in [2.24, 2.45) is 10.9 Å². The third kappa shape index (κ3) is 7.40. The van der Waals surface area contributed by atoms with Crippen LogP contribution >= 0.6 is 0 Å². The molecule has 1 aromatic rings. The second-order valence-corrected chi connectivity index (χ2v) is 7.53. The topological polar surface area (TPSA) is 67.4 Å². The molecule has 0 aliphatic carbocycles. The van der Waals surface area contributed by atoms with Gasteiger partial charge in [0.25, 0.3) is 0 Å². The molecule has 0 saturated carbocycles. The lowest BCUT2D eigenvalue weighted by molar-refractivity contribution is 0.00867. The predicted octanol–water partition coefficient (Wildman–Crippen LogP) is 2.16. The van der Waals surface area contributed by atoms with Gasteiger partial charge in [0.15, 0.2) is 5.96 Å². The molecule has 1 saturated heterocycles. The van der Waals surface area contributed by atoms with Crippen molar-refractivity contribution in [3.8, 4) is 11.5 Å². The number of hydrogen-bond acceptors (Lipinski definition) is 5. The van der Waals surface area contributed by atoms with Crippen molar-refractivity contribution in [3.63, 3.8) is 0 Å². The van der Waals surface area contributed by atoms with Crippen LogP contribution in [-0.4, -0.2) is 77.1 Å². The lowest BCUT2D eigenvalue weighted by Gasteiger charge is -2.36. The van der Waals surface area contributed by atoms with Crippen LogP contribution in [0.3, 0.4) is 0 Å². The monoisotopic (exact) mass is 406 g/mol. The van der Waals surface area contributed by atoms with Gasteiger partial charge in [-0.2, -0.15) is 0 Å². The first-order valence-corrected chi connectivity index (χ1v) is 10.6. The van der Waals surface area contributed by atoms with E-state index in [4.69, 9.17) is 19.2 Å². The first-order chi connectivity index (χ1) is 14.1. The first kappa shape index (κ1) is 23.3. The summed E-state index contributed by atoms with van der Waals surface area (Å²) in [7, 11) is 3.38. The SMILES string of the molecule is CCNC(=NCC(C(C)C)N1CCOCC1)NCCc1cc(OC)ccc1OC. The van der Waals surface area contributed by atoms with Crippen LogP contribution in [0.25, 0.3) is 0 Å². The summed E-state index contributed by atoms with van der Waals surface area (Å²) >= 11 is 0. The van der Waals surface area contributed by atoms with Crippen LogP contribution in [0.15, 0.2) is 23.2 Å². The van der Waals surface area contributed by atoms with Crippen molar-refractivity contribution < 1.29 is 14.2 Å². The average Bonchev–Trinajstić information content (AvgIpc) is 2.74. The van der Waals surface area contributed by atoms with Gasteiger partial charge in [-0.25, -0.2) is 0 Å². The number of hydrogen-bond donors (Lipinski definition) is 2. The van der Waals surface area contributed by atoms with Gasteiger partial charge in [-0.15, -0.1) is 0 Å². The number of benzene rings is 1. The molecule has 1 atom stereocenters. The van der Waals surface area contributed by atoms with Gasteiger partial charge in [0.1, 0.15) is 11.5 Å². The van der Waals surface area contributed by atoms with Crippen molar-refractivity contribution in [2.75, 3.05) is 60.2 Å². The second kappa shape index (κ2) is 12.5. The Morgan fingerprint density at radius 3 is 2.55 bits per heavy atom. The predicted molar refractivity (Wildman–Crippen MR) is 118 cm³/mol. The number of nitrogens with one attached hydrogen (secondary N) is 2. The molecule has 1 heterocycles. The fourth-order valence-corrected chi connectivity index (χ4v) is 3.58. The Morgan fingerprint density at radius 1 is 1.17 bits per heavy atom. The quantitative estimate of drug-likeness (QED) is 0.459. The molecule has 0 radical (unpaired) electrons. The van der Waals surface area contributed by atoms with E-state index in [0.717, 1.165) is 75.4 Å². The first-order valence-electron chi connectivity index (χ1n) is 10.6. The van der Waals surface area contributed by atoms with E-state index in [1.807, 2.05) is 18.2 Å². The molecule has 2 rings (SSSR count). The third-order valence-corrected chi connectivity index (χ3v) is 5.24. The number of rotatable bonds is 10. The maximum absolute atomic E-state index is 5.50. The van der Waals surface area contributed by atoms with Crippen molar-refractivity contribution in [1.82, 2.24) is 15.5 Å². The second-order valence-electron chi connectivity index (χ2n) is 7.53. The summed E-state index contributed by atoms with van der Waals surface area (Å²) in [6.45, 7) is 12.6. The normalized spacial score (nSPS) is 16.6. The van der Waals surface area contributed by atoms with Crippen LogP contribution in [0.2, 0.25) is 0 Å². The molecule has 0 aromatic heterocycles. The molecule has 1 unspecified atom stereocenters. The summed E-state index contributed by atoms with van der Waals surface area (Å²) in [6.07, 6.45) is 0.821. The molecule has 1 fully saturated rings. The van der Waals surface area contributed by atoms with Crippen LogP contribution in [0.5, 0.6) is 11.5 Å². The molecule has 1 aliphatic rings. The van der Waals surface area contributed by atoms with Gasteiger partial charge < -0.3 is 24.8 Å². The van der Waals surface area contributed by atoms with Crippen LogP contribution in [0.4, 0.5) is 0 Å².